The van der Waals surface area contributed by atoms with Gasteiger partial charge in [0.1, 0.15) is 16.9 Å². The van der Waals surface area contributed by atoms with Crippen LogP contribution in [0, 0.1) is 11.3 Å². The number of hydrogen-bond acceptors (Lipinski definition) is 7. The van der Waals surface area contributed by atoms with E-state index >= 15 is 0 Å². The van der Waals surface area contributed by atoms with E-state index in [1.165, 1.54) is 41.5 Å². The summed E-state index contributed by atoms with van der Waals surface area (Å²) in [4.78, 5) is 16.5. The Morgan fingerprint density at radius 1 is 1.09 bits per heavy atom. The quantitative estimate of drug-likeness (QED) is 0.467. The normalized spacial score (nSPS) is 15.7. The molecule has 0 spiro atoms. The number of aromatic nitrogens is 3. The van der Waals surface area contributed by atoms with Crippen LogP contribution in [-0.2, 0) is 30.7 Å². The zero-order valence-electron chi connectivity index (χ0n) is 19.1. The van der Waals surface area contributed by atoms with Gasteiger partial charge in [-0.3, -0.25) is 9.69 Å². The van der Waals surface area contributed by atoms with Crippen LogP contribution in [0.4, 0.5) is 5.00 Å². The number of nitrogens with one attached hydrogen (secondary N) is 1. The topological polar surface area (TPSA) is 86.8 Å². The monoisotopic (exact) mass is 492 g/mol. The van der Waals surface area contributed by atoms with Gasteiger partial charge in [0.2, 0.25) is 5.91 Å². The smallest absolute Gasteiger partial charge is 0.235 e. The molecule has 1 aliphatic carbocycles. The highest BCUT2D eigenvalue weighted by Gasteiger charge is 2.24. The molecule has 2 aliphatic rings. The molecule has 0 bridgehead atoms. The molecule has 1 N–H and O–H groups in total. The maximum absolute atomic E-state index is 12.8. The van der Waals surface area contributed by atoms with E-state index in [1.807, 2.05) is 18.2 Å². The van der Waals surface area contributed by atoms with E-state index in [-0.39, 0.29) is 11.7 Å². The molecular weight excluding hydrogens is 464 g/mol. The highest BCUT2D eigenvalue weighted by atomic mass is 32.2. The molecule has 0 unspecified atom stereocenters. The molecule has 0 radical (unpaired) electrons. The number of likely N-dealkylation sites (tertiary alicyclic amines) is 1. The second-order valence-corrected chi connectivity index (χ2v) is 10.9. The molecule has 0 saturated carbocycles. The number of fused-ring (bicyclic) bond motifs is 1. The first kappa shape index (κ1) is 23.1. The lowest BCUT2D eigenvalue weighted by molar-refractivity contribution is -0.113. The van der Waals surface area contributed by atoms with Crippen molar-refractivity contribution in [3.63, 3.8) is 0 Å². The molecule has 1 amide bonds. The van der Waals surface area contributed by atoms with Crippen molar-refractivity contribution >= 4 is 34.0 Å². The molecule has 3 heterocycles. The van der Waals surface area contributed by atoms with Crippen LogP contribution in [0.2, 0.25) is 0 Å². The fourth-order valence-electron chi connectivity index (χ4n) is 4.69. The van der Waals surface area contributed by atoms with Crippen molar-refractivity contribution in [3.8, 4) is 6.07 Å². The van der Waals surface area contributed by atoms with Crippen LogP contribution in [0.25, 0.3) is 0 Å². The van der Waals surface area contributed by atoms with Gasteiger partial charge in [-0.15, -0.1) is 21.5 Å². The van der Waals surface area contributed by atoms with Crippen molar-refractivity contribution < 1.29 is 4.79 Å². The third-order valence-corrected chi connectivity index (χ3v) is 8.58. The first-order valence-electron chi connectivity index (χ1n) is 11.9. The van der Waals surface area contributed by atoms with Crippen LogP contribution in [0.3, 0.4) is 0 Å². The first-order chi connectivity index (χ1) is 16.7. The molecule has 5 rings (SSSR count). The van der Waals surface area contributed by atoms with Crippen LogP contribution in [0.1, 0.15) is 53.1 Å². The number of rotatable bonds is 8. The molecule has 34 heavy (non-hydrogen) atoms. The van der Waals surface area contributed by atoms with Crippen LogP contribution in [0.15, 0.2) is 35.5 Å². The van der Waals surface area contributed by atoms with Crippen molar-refractivity contribution in [1.82, 2.24) is 19.7 Å². The van der Waals surface area contributed by atoms with Gasteiger partial charge in [0, 0.05) is 4.88 Å². The maximum atomic E-state index is 12.8. The number of piperidine rings is 1. The van der Waals surface area contributed by atoms with Crippen LogP contribution >= 0.6 is 23.1 Å². The zero-order chi connectivity index (χ0) is 23.3. The summed E-state index contributed by atoms with van der Waals surface area (Å²) >= 11 is 2.95. The summed E-state index contributed by atoms with van der Waals surface area (Å²) in [7, 11) is 0. The number of hydrogen-bond donors (Lipinski definition) is 1. The number of aryl methyl sites for hydroxylation is 1. The summed E-state index contributed by atoms with van der Waals surface area (Å²) < 4.78 is 2.14. The minimum Gasteiger partial charge on any atom is -0.316 e. The summed E-state index contributed by atoms with van der Waals surface area (Å²) in [5.41, 5.74) is 2.95. The van der Waals surface area contributed by atoms with Gasteiger partial charge < -0.3 is 9.88 Å². The Kier molecular flexibility index (Phi) is 7.28. The lowest BCUT2D eigenvalue weighted by atomic mass is 10.1. The number of amides is 1. The predicted octanol–water partition coefficient (Wildman–Crippen LogP) is 4.46. The van der Waals surface area contributed by atoms with Crippen molar-refractivity contribution in [2.24, 2.45) is 0 Å². The Morgan fingerprint density at radius 2 is 1.91 bits per heavy atom. The van der Waals surface area contributed by atoms with E-state index in [2.05, 4.69) is 43.2 Å². The highest BCUT2D eigenvalue weighted by Crippen LogP contribution is 2.38. The molecule has 1 fully saturated rings. The Labute approximate surface area is 208 Å². The maximum Gasteiger partial charge on any atom is 0.235 e. The van der Waals surface area contributed by atoms with Gasteiger partial charge >= 0.3 is 0 Å². The molecule has 2 aromatic heterocycles. The molecular formula is C25H28N6OS2. The molecule has 176 valence electrons. The molecule has 3 aromatic rings. The largest absolute Gasteiger partial charge is 0.316 e. The average molecular weight is 493 g/mol. The van der Waals surface area contributed by atoms with E-state index < -0.39 is 0 Å². The molecule has 7 nitrogen and oxygen atoms in total. The SMILES string of the molecule is N#Cc1c(NC(=O)CSc2nnc(CN3CCCCC3)n2Cc2ccccc2)sc2c1CCC2. The number of carbonyl (C=O) groups is 1. The number of nitriles is 1. The van der Waals surface area contributed by atoms with Gasteiger partial charge in [-0.25, -0.2) is 0 Å². The van der Waals surface area contributed by atoms with E-state index in [0.29, 0.717) is 17.1 Å². The fraction of sp³-hybridized carbons (Fsp3) is 0.440. The number of benzene rings is 1. The van der Waals surface area contributed by atoms with Crippen molar-refractivity contribution in [3.05, 3.63) is 57.7 Å². The number of nitrogens with zero attached hydrogens (tertiary/aromatic N) is 5. The second-order valence-electron chi connectivity index (χ2n) is 8.82. The second kappa shape index (κ2) is 10.7. The van der Waals surface area contributed by atoms with Crippen LogP contribution < -0.4 is 5.32 Å². The summed E-state index contributed by atoms with van der Waals surface area (Å²) in [6.07, 6.45) is 6.78. The Morgan fingerprint density at radius 3 is 2.71 bits per heavy atom. The molecule has 0 atom stereocenters. The van der Waals surface area contributed by atoms with E-state index in [1.54, 1.807) is 11.3 Å². The lowest BCUT2D eigenvalue weighted by Gasteiger charge is -2.26. The minimum absolute atomic E-state index is 0.117. The fourth-order valence-corrected chi connectivity index (χ4v) is 6.70. The Hall–Kier alpha value is -2.67. The number of thiophene rings is 1. The summed E-state index contributed by atoms with van der Waals surface area (Å²) in [6, 6.07) is 12.6. The Balaban J connectivity index is 1.29. The summed E-state index contributed by atoms with van der Waals surface area (Å²) in [6.45, 7) is 3.64. The van der Waals surface area contributed by atoms with Crippen molar-refractivity contribution in [1.29, 1.82) is 5.26 Å². The number of anilines is 1. The van der Waals surface area contributed by atoms with Gasteiger partial charge in [0.25, 0.3) is 0 Å². The van der Waals surface area contributed by atoms with Crippen LogP contribution in [-0.4, -0.2) is 44.4 Å². The van der Waals surface area contributed by atoms with Gasteiger partial charge in [0.05, 0.1) is 24.4 Å². The molecule has 1 saturated heterocycles. The van der Waals surface area contributed by atoms with Crippen LogP contribution in [0.5, 0.6) is 0 Å². The minimum atomic E-state index is -0.117. The molecule has 1 aromatic carbocycles. The average Bonchev–Trinajstić information content (AvgIpc) is 3.54. The van der Waals surface area contributed by atoms with Gasteiger partial charge in [-0.1, -0.05) is 48.5 Å². The van der Waals surface area contributed by atoms with Crippen molar-refractivity contribution in [2.75, 3.05) is 24.2 Å². The van der Waals surface area contributed by atoms with E-state index in [9.17, 15) is 10.1 Å². The van der Waals surface area contributed by atoms with Gasteiger partial charge in [0.15, 0.2) is 5.16 Å². The summed E-state index contributed by atoms with van der Waals surface area (Å²) in [5.74, 6) is 1.05. The number of thioether (sulfide) groups is 1. The van der Waals surface area contributed by atoms with Gasteiger partial charge in [-0.05, 0) is 56.3 Å². The third-order valence-electron chi connectivity index (χ3n) is 6.41. The van der Waals surface area contributed by atoms with Gasteiger partial charge in [-0.2, -0.15) is 5.26 Å². The standard InChI is InChI=1S/C25H28N6OS2/c26-14-20-19-10-7-11-21(19)34-24(20)27-23(32)17-33-25-29-28-22(16-30-12-5-2-6-13-30)31(25)15-18-8-3-1-4-9-18/h1,3-4,8-9H,2,5-7,10-13,15-17H2,(H,27,32). The highest BCUT2D eigenvalue weighted by molar-refractivity contribution is 7.99. The van der Waals surface area contributed by atoms with E-state index in [4.69, 9.17) is 0 Å². The summed E-state index contributed by atoms with van der Waals surface area (Å²) in [5, 5.41) is 23.0. The lowest BCUT2D eigenvalue weighted by Crippen LogP contribution is -2.30. The molecule has 1 aliphatic heterocycles. The van der Waals surface area contributed by atoms with Crippen molar-refractivity contribution in [2.45, 2.75) is 56.8 Å². The first-order valence-corrected chi connectivity index (χ1v) is 13.7. The predicted molar refractivity (Wildman–Crippen MR) is 135 cm³/mol. The number of carbonyl (C=O) groups excluding carboxylic acids is 1. The zero-order valence-corrected chi connectivity index (χ0v) is 20.8. The molecule has 9 heteroatoms. The third kappa shape index (κ3) is 5.19. The van der Waals surface area contributed by atoms with E-state index in [0.717, 1.165) is 55.4 Å². The Bertz CT molecular complexity index is 1190.